The third kappa shape index (κ3) is 5.43. The van der Waals surface area contributed by atoms with E-state index in [-0.39, 0.29) is 22.7 Å². The fourth-order valence-electron chi connectivity index (χ4n) is 4.88. The molecule has 7 heteroatoms. The third-order valence-electron chi connectivity index (χ3n) is 6.87. The normalized spacial score (nSPS) is 16.9. The highest BCUT2D eigenvalue weighted by atomic mass is 16.5. The van der Waals surface area contributed by atoms with Gasteiger partial charge in [0.15, 0.2) is 0 Å². The van der Waals surface area contributed by atoms with Gasteiger partial charge in [-0.3, -0.25) is 19.3 Å². The van der Waals surface area contributed by atoms with E-state index in [9.17, 15) is 19.5 Å². The molecule has 1 aliphatic heterocycles. The Labute approximate surface area is 229 Å². The zero-order valence-electron chi connectivity index (χ0n) is 23.2. The number of nitrogens with one attached hydrogen (secondary N) is 1. The van der Waals surface area contributed by atoms with Gasteiger partial charge in [0.2, 0.25) is 5.91 Å². The molecule has 1 atom stereocenters. The summed E-state index contributed by atoms with van der Waals surface area (Å²) >= 11 is 0. The average Bonchev–Trinajstić information content (AvgIpc) is 3.17. The standard InChI is InChI=1S/C32H34N2O5/c1-7-20-11-13-21(14-12-20)28-27(29(36)22-15-16-26(39-6)25(17-22)32(3,4)5)30(37)31(38)34(28)24-10-8-9-23(18-24)33-19(2)35/h8-18,28,36H,7H2,1-6H3,(H,33,35)/b29-27-. The van der Waals surface area contributed by atoms with Gasteiger partial charge in [0.05, 0.1) is 18.7 Å². The average molecular weight is 527 g/mol. The van der Waals surface area contributed by atoms with Crippen LogP contribution in [0.1, 0.15) is 62.9 Å². The van der Waals surface area contributed by atoms with Crippen LogP contribution < -0.4 is 15.0 Å². The van der Waals surface area contributed by atoms with Gasteiger partial charge < -0.3 is 15.2 Å². The van der Waals surface area contributed by atoms with Gasteiger partial charge in [-0.1, -0.05) is 58.0 Å². The minimum atomic E-state index is -0.872. The van der Waals surface area contributed by atoms with Crippen molar-refractivity contribution in [3.05, 3.63) is 94.6 Å². The first-order chi connectivity index (χ1) is 18.5. The maximum atomic E-state index is 13.6. The summed E-state index contributed by atoms with van der Waals surface area (Å²) < 4.78 is 5.54. The molecule has 0 spiro atoms. The van der Waals surface area contributed by atoms with E-state index < -0.39 is 17.7 Å². The monoisotopic (exact) mass is 526 g/mol. The molecule has 1 saturated heterocycles. The van der Waals surface area contributed by atoms with Crippen molar-refractivity contribution in [2.75, 3.05) is 17.3 Å². The SMILES string of the molecule is CCc1ccc(C2/C(=C(/O)c3ccc(OC)c(C(C)(C)C)c3)C(=O)C(=O)N2c2cccc(NC(C)=O)c2)cc1. The van der Waals surface area contributed by atoms with E-state index >= 15 is 0 Å². The summed E-state index contributed by atoms with van der Waals surface area (Å²) in [5, 5.41) is 14.3. The number of rotatable bonds is 6. The second kappa shape index (κ2) is 10.8. The molecule has 3 aromatic carbocycles. The van der Waals surface area contributed by atoms with Crippen molar-refractivity contribution in [2.45, 2.75) is 52.5 Å². The molecule has 1 aliphatic rings. The first kappa shape index (κ1) is 27.6. The highest BCUT2D eigenvalue weighted by Gasteiger charge is 2.47. The van der Waals surface area contributed by atoms with E-state index in [1.807, 2.05) is 52.0 Å². The molecule has 3 aromatic rings. The van der Waals surface area contributed by atoms with Crippen LogP contribution in [0, 0.1) is 0 Å². The smallest absolute Gasteiger partial charge is 0.300 e. The van der Waals surface area contributed by atoms with Crippen LogP contribution in [0.2, 0.25) is 0 Å². The number of benzene rings is 3. The number of amides is 2. The van der Waals surface area contributed by atoms with Gasteiger partial charge in [0.25, 0.3) is 11.7 Å². The third-order valence-corrected chi connectivity index (χ3v) is 6.87. The maximum absolute atomic E-state index is 13.6. The van der Waals surface area contributed by atoms with Crippen LogP contribution in [0.4, 0.5) is 11.4 Å². The lowest BCUT2D eigenvalue weighted by Gasteiger charge is -2.26. The van der Waals surface area contributed by atoms with E-state index in [2.05, 4.69) is 5.32 Å². The number of carbonyl (C=O) groups is 3. The Bertz CT molecular complexity index is 1460. The van der Waals surface area contributed by atoms with Crippen molar-refractivity contribution in [3.63, 3.8) is 0 Å². The Balaban J connectivity index is 1.94. The number of nitrogens with zero attached hydrogens (tertiary/aromatic N) is 1. The van der Waals surface area contributed by atoms with E-state index in [4.69, 9.17) is 4.74 Å². The molecule has 0 aromatic heterocycles. The molecule has 202 valence electrons. The number of anilines is 2. The van der Waals surface area contributed by atoms with Gasteiger partial charge in [-0.05, 0) is 59.4 Å². The molecule has 4 rings (SSSR count). The molecule has 1 fully saturated rings. The summed E-state index contributed by atoms with van der Waals surface area (Å²) in [6.07, 6.45) is 0.834. The number of hydrogen-bond donors (Lipinski definition) is 2. The van der Waals surface area contributed by atoms with Crippen LogP contribution in [0.25, 0.3) is 5.76 Å². The van der Waals surface area contributed by atoms with Gasteiger partial charge in [-0.15, -0.1) is 0 Å². The molecule has 7 nitrogen and oxygen atoms in total. The van der Waals surface area contributed by atoms with Crippen molar-refractivity contribution in [1.29, 1.82) is 0 Å². The van der Waals surface area contributed by atoms with Crippen LogP contribution in [0.3, 0.4) is 0 Å². The maximum Gasteiger partial charge on any atom is 0.300 e. The largest absolute Gasteiger partial charge is 0.507 e. The van der Waals surface area contributed by atoms with E-state index in [1.54, 1.807) is 49.6 Å². The Morgan fingerprint density at radius 3 is 2.31 bits per heavy atom. The fraction of sp³-hybridized carbons (Fsp3) is 0.281. The number of ether oxygens (including phenoxy) is 1. The van der Waals surface area contributed by atoms with Crippen LogP contribution in [-0.2, 0) is 26.2 Å². The number of aliphatic hydroxyl groups excluding tert-OH is 1. The summed E-state index contributed by atoms with van der Waals surface area (Å²) in [5.74, 6) is -1.39. The van der Waals surface area contributed by atoms with Crippen molar-refractivity contribution < 1.29 is 24.2 Å². The van der Waals surface area contributed by atoms with Crippen LogP contribution in [0.5, 0.6) is 5.75 Å². The Morgan fingerprint density at radius 2 is 1.72 bits per heavy atom. The Hall–Kier alpha value is -4.39. The number of aliphatic hydroxyl groups is 1. The van der Waals surface area contributed by atoms with Gasteiger partial charge in [-0.2, -0.15) is 0 Å². The predicted octanol–water partition coefficient (Wildman–Crippen LogP) is 6.14. The topological polar surface area (TPSA) is 95.9 Å². The van der Waals surface area contributed by atoms with Crippen molar-refractivity contribution >= 4 is 34.7 Å². The van der Waals surface area contributed by atoms with Crippen molar-refractivity contribution in [1.82, 2.24) is 0 Å². The number of carbonyl (C=O) groups excluding carboxylic acids is 3. The lowest BCUT2D eigenvalue weighted by atomic mass is 9.84. The minimum Gasteiger partial charge on any atom is -0.507 e. The zero-order valence-corrected chi connectivity index (χ0v) is 23.2. The lowest BCUT2D eigenvalue weighted by Crippen LogP contribution is -2.29. The van der Waals surface area contributed by atoms with Gasteiger partial charge in [0, 0.05) is 29.4 Å². The Kier molecular flexibility index (Phi) is 7.63. The number of ketones is 1. The molecule has 1 unspecified atom stereocenters. The van der Waals surface area contributed by atoms with E-state index in [0.29, 0.717) is 28.3 Å². The molecule has 2 N–H and O–H groups in total. The van der Waals surface area contributed by atoms with Crippen molar-refractivity contribution in [2.24, 2.45) is 0 Å². The molecule has 0 saturated carbocycles. The highest BCUT2D eigenvalue weighted by Crippen LogP contribution is 2.43. The van der Waals surface area contributed by atoms with Gasteiger partial charge in [-0.25, -0.2) is 0 Å². The van der Waals surface area contributed by atoms with Gasteiger partial charge >= 0.3 is 0 Å². The molecule has 2 amide bonds. The fourth-order valence-corrected chi connectivity index (χ4v) is 4.88. The quantitative estimate of drug-likeness (QED) is 0.229. The van der Waals surface area contributed by atoms with Crippen molar-refractivity contribution in [3.8, 4) is 5.75 Å². The molecular formula is C32H34N2O5. The molecule has 39 heavy (non-hydrogen) atoms. The van der Waals surface area contributed by atoms with E-state index in [0.717, 1.165) is 17.5 Å². The first-order valence-corrected chi connectivity index (χ1v) is 12.9. The van der Waals surface area contributed by atoms with E-state index in [1.165, 1.54) is 11.8 Å². The number of aryl methyl sites for hydroxylation is 1. The van der Waals surface area contributed by atoms with Crippen LogP contribution in [-0.4, -0.2) is 29.8 Å². The first-order valence-electron chi connectivity index (χ1n) is 12.9. The summed E-state index contributed by atoms with van der Waals surface area (Å²) in [4.78, 5) is 40.2. The minimum absolute atomic E-state index is 0.000736. The molecule has 0 aliphatic carbocycles. The molecular weight excluding hydrogens is 492 g/mol. The summed E-state index contributed by atoms with van der Waals surface area (Å²) in [5.41, 5.74) is 3.68. The number of Topliss-reactive ketones (excluding diaryl/α,β-unsaturated/α-hetero) is 1. The van der Waals surface area contributed by atoms with Crippen LogP contribution in [0.15, 0.2) is 72.3 Å². The highest BCUT2D eigenvalue weighted by molar-refractivity contribution is 6.51. The Morgan fingerprint density at radius 1 is 1.03 bits per heavy atom. The lowest BCUT2D eigenvalue weighted by molar-refractivity contribution is -0.132. The zero-order chi connectivity index (χ0) is 28.5. The van der Waals surface area contributed by atoms with Crippen LogP contribution >= 0.6 is 0 Å². The molecule has 1 heterocycles. The molecule has 0 bridgehead atoms. The summed E-state index contributed by atoms with van der Waals surface area (Å²) in [6, 6.07) is 18.8. The van der Waals surface area contributed by atoms with Gasteiger partial charge in [0.1, 0.15) is 11.5 Å². The number of methoxy groups -OCH3 is 1. The number of hydrogen-bond acceptors (Lipinski definition) is 5. The predicted molar refractivity (Wildman–Crippen MR) is 153 cm³/mol. The second-order valence-electron chi connectivity index (χ2n) is 10.7. The molecule has 0 radical (unpaired) electrons. The summed E-state index contributed by atoms with van der Waals surface area (Å²) in [6.45, 7) is 9.54. The summed E-state index contributed by atoms with van der Waals surface area (Å²) in [7, 11) is 1.59. The second-order valence-corrected chi connectivity index (χ2v) is 10.7.